The van der Waals surface area contributed by atoms with Crippen LogP contribution < -0.4 is 5.32 Å². The number of pyridine rings is 1. The minimum absolute atomic E-state index is 0.634. The van der Waals surface area contributed by atoms with E-state index in [1.807, 2.05) is 42.6 Å². The molecule has 0 unspecified atom stereocenters. The van der Waals surface area contributed by atoms with E-state index in [0.717, 1.165) is 22.6 Å². The Kier molecular flexibility index (Phi) is 5.54. The van der Waals surface area contributed by atoms with Crippen molar-refractivity contribution in [3.8, 4) is 11.3 Å². The van der Waals surface area contributed by atoms with Crippen molar-refractivity contribution in [2.45, 2.75) is 26.6 Å². The number of hydrogen-bond donors (Lipinski definition) is 1. The molecule has 0 radical (unpaired) electrons. The highest BCUT2D eigenvalue weighted by atomic mass is 15.5. The van der Waals surface area contributed by atoms with E-state index in [2.05, 4.69) is 53.6 Å². The van der Waals surface area contributed by atoms with Gasteiger partial charge in [0.15, 0.2) is 0 Å². The molecule has 0 aliphatic carbocycles. The van der Waals surface area contributed by atoms with Crippen molar-refractivity contribution in [2.24, 2.45) is 0 Å². The molecule has 1 N–H and O–H groups in total. The molecule has 0 aliphatic heterocycles. The van der Waals surface area contributed by atoms with E-state index in [4.69, 9.17) is 10.2 Å². The zero-order valence-corrected chi connectivity index (χ0v) is 15.9. The van der Waals surface area contributed by atoms with Crippen molar-refractivity contribution >= 4 is 0 Å². The van der Waals surface area contributed by atoms with Gasteiger partial charge in [-0.2, -0.15) is 15.0 Å². The molecular weight excluding hydrogens is 346 g/mol. The molecule has 2 aromatic carbocycles. The van der Waals surface area contributed by atoms with Gasteiger partial charge in [-0.05, 0) is 24.6 Å². The van der Waals surface area contributed by atoms with Crippen LogP contribution in [0.2, 0.25) is 0 Å². The Morgan fingerprint density at radius 2 is 1.71 bits per heavy atom. The van der Waals surface area contributed by atoms with Gasteiger partial charge in [0.05, 0.1) is 12.2 Å². The molecule has 4 rings (SSSR count). The molecule has 0 saturated carbocycles. The summed E-state index contributed by atoms with van der Waals surface area (Å²) in [5, 5.41) is 13.0. The number of hydrogen-bond acceptors (Lipinski definition) is 4. The Labute approximate surface area is 165 Å². The molecule has 0 aliphatic rings. The third kappa shape index (κ3) is 4.50. The summed E-state index contributed by atoms with van der Waals surface area (Å²) in [6.45, 7) is 4.08. The van der Waals surface area contributed by atoms with Gasteiger partial charge in [-0.25, -0.2) is 0 Å². The Balaban J connectivity index is 1.55. The van der Waals surface area contributed by atoms with E-state index in [1.165, 1.54) is 11.1 Å². The number of nitrogens with zero attached hydrogens (tertiary/aromatic N) is 4. The summed E-state index contributed by atoms with van der Waals surface area (Å²) in [6, 6.07) is 24.6. The van der Waals surface area contributed by atoms with Gasteiger partial charge < -0.3 is 5.32 Å². The largest absolute Gasteiger partial charge is 0.305 e. The molecule has 140 valence electrons. The molecule has 28 heavy (non-hydrogen) atoms. The average molecular weight is 369 g/mol. The summed E-state index contributed by atoms with van der Waals surface area (Å²) in [5.41, 5.74) is 6.38. The normalized spacial score (nSPS) is 10.9. The summed E-state index contributed by atoms with van der Waals surface area (Å²) in [5.74, 6) is 0. The summed E-state index contributed by atoms with van der Waals surface area (Å²) in [7, 11) is 0. The smallest absolute Gasteiger partial charge is 0.117 e. The molecular formula is C23H23N5. The fraction of sp³-hybridized carbons (Fsp3) is 0.174. The Morgan fingerprint density at radius 1 is 0.857 bits per heavy atom. The molecule has 0 spiro atoms. The minimum atomic E-state index is 0.634. The van der Waals surface area contributed by atoms with E-state index in [9.17, 15) is 0 Å². The maximum absolute atomic E-state index is 4.78. The van der Waals surface area contributed by atoms with Crippen molar-refractivity contribution < 1.29 is 0 Å². The number of benzene rings is 2. The van der Waals surface area contributed by atoms with Crippen LogP contribution in [0.25, 0.3) is 11.3 Å². The van der Waals surface area contributed by atoms with Gasteiger partial charge in [0.25, 0.3) is 0 Å². The van der Waals surface area contributed by atoms with Gasteiger partial charge in [0, 0.05) is 24.8 Å². The molecule has 5 heteroatoms. The highest BCUT2D eigenvalue weighted by molar-refractivity contribution is 5.60. The first-order valence-corrected chi connectivity index (χ1v) is 9.43. The first-order valence-electron chi connectivity index (χ1n) is 9.43. The lowest BCUT2D eigenvalue weighted by Gasteiger charge is -2.04. The van der Waals surface area contributed by atoms with Gasteiger partial charge in [-0.3, -0.25) is 4.98 Å². The zero-order valence-electron chi connectivity index (χ0n) is 15.9. The van der Waals surface area contributed by atoms with Crippen molar-refractivity contribution in [1.82, 2.24) is 25.3 Å². The monoisotopic (exact) mass is 369 g/mol. The highest BCUT2D eigenvalue weighted by Gasteiger charge is 2.13. The maximum atomic E-state index is 4.78. The van der Waals surface area contributed by atoms with Gasteiger partial charge >= 0.3 is 0 Å². The second-order valence-electron chi connectivity index (χ2n) is 6.81. The van der Waals surface area contributed by atoms with Crippen LogP contribution in [0.4, 0.5) is 0 Å². The second kappa shape index (κ2) is 8.59. The second-order valence-corrected chi connectivity index (χ2v) is 6.81. The topological polar surface area (TPSA) is 55.6 Å². The van der Waals surface area contributed by atoms with E-state index in [0.29, 0.717) is 19.6 Å². The average Bonchev–Trinajstić information content (AvgIpc) is 3.12. The molecule has 4 aromatic rings. The van der Waals surface area contributed by atoms with Crippen LogP contribution in [-0.2, 0) is 19.6 Å². The maximum Gasteiger partial charge on any atom is 0.117 e. The standard InChI is InChI=1S/C23H23N5/c1-18-8-7-9-19(14-18)17-28-26-22(16-24-15-21-12-5-6-13-25-21)23(27-28)20-10-3-2-4-11-20/h2-14,24H,15-17H2,1H3. The Hall–Kier alpha value is -3.31. The molecule has 0 bridgehead atoms. The number of aryl methyl sites for hydroxylation is 1. The van der Waals surface area contributed by atoms with E-state index in [-0.39, 0.29) is 0 Å². The Morgan fingerprint density at radius 3 is 2.50 bits per heavy atom. The lowest BCUT2D eigenvalue weighted by molar-refractivity contribution is 0.575. The molecule has 2 heterocycles. The SMILES string of the molecule is Cc1cccc(Cn2nc(CNCc3ccccn3)c(-c3ccccc3)n2)c1. The third-order valence-corrected chi connectivity index (χ3v) is 4.50. The summed E-state index contributed by atoms with van der Waals surface area (Å²) >= 11 is 0. The van der Waals surface area contributed by atoms with E-state index >= 15 is 0 Å². The van der Waals surface area contributed by atoms with Crippen molar-refractivity contribution in [1.29, 1.82) is 0 Å². The molecule has 0 fully saturated rings. The van der Waals surface area contributed by atoms with Crippen LogP contribution in [0.15, 0.2) is 79.0 Å². The highest BCUT2D eigenvalue weighted by Crippen LogP contribution is 2.20. The quantitative estimate of drug-likeness (QED) is 0.535. The minimum Gasteiger partial charge on any atom is -0.305 e. The fourth-order valence-electron chi connectivity index (χ4n) is 3.18. The molecule has 0 amide bonds. The van der Waals surface area contributed by atoms with Crippen molar-refractivity contribution in [2.75, 3.05) is 0 Å². The van der Waals surface area contributed by atoms with Crippen LogP contribution in [-0.4, -0.2) is 20.0 Å². The Bertz CT molecular complexity index is 1030. The van der Waals surface area contributed by atoms with Crippen molar-refractivity contribution in [3.63, 3.8) is 0 Å². The van der Waals surface area contributed by atoms with Crippen LogP contribution >= 0.6 is 0 Å². The number of aromatic nitrogens is 4. The van der Waals surface area contributed by atoms with Crippen LogP contribution in [0.1, 0.15) is 22.5 Å². The molecule has 0 atom stereocenters. The van der Waals surface area contributed by atoms with Gasteiger partial charge in [0.1, 0.15) is 11.4 Å². The zero-order chi connectivity index (χ0) is 19.2. The van der Waals surface area contributed by atoms with Crippen LogP contribution in [0, 0.1) is 6.92 Å². The summed E-state index contributed by atoms with van der Waals surface area (Å²) in [6.07, 6.45) is 1.81. The molecule has 5 nitrogen and oxygen atoms in total. The lowest BCUT2D eigenvalue weighted by atomic mass is 10.1. The molecule has 0 saturated heterocycles. The van der Waals surface area contributed by atoms with Crippen molar-refractivity contribution in [3.05, 3.63) is 102 Å². The first kappa shape index (κ1) is 18.1. The summed E-state index contributed by atoms with van der Waals surface area (Å²) in [4.78, 5) is 6.14. The lowest BCUT2D eigenvalue weighted by Crippen LogP contribution is -2.15. The third-order valence-electron chi connectivity index (χ3n) is 4.50. The van der Waals surface area contributed by atoms with Crippen LogP contribution in [0.3, 0.4) is 0 Å². The van der Waals surface area contributed by atoms with Gasteiger partial charge in [0.2, 0.25) is 0 Å². The number of nitrogens with one attached hydrogen (secondary N) is 1. The van der Waals surface area contributed by atoms with Crippen LogP contribution in [0.5, 0.6) is 0 Å². The summed E-state index contributed by atoms with van der Waals surface area (Å²) < 4.78 is 0. The molecule has 2 aromatic heterocycles. The predicted molar refractivity (Wildman–Crippen MR) is 111 cm³/mol. The first-order chi connectivity index (χ1) is 13.8. The predicted octanol–water partition coefficient (Wildman–Crippen LogP) is 3.99. The van der Waals surface area contributed by atoms with Gasteiger partial charge in [-0.15, -0.1) is 0 Å². The van der Waals surface area contributed by atoms with Gasteiger partial charge in [-0.1, -0.05) is 66.2 Å². The number of rotatable bonds is 7. The fourth-order valence-corrected chi connectivity index (χ4v) is 3.18. The van der Waals surface area contributed by atoms with E-state index in [1.54, 1.807) is 4.80 Å². The van der Waals surface area contributed by atoms with E-state index < -0.39 is 0 Å².